The predicted molar refractivity (Wildman–Crippen MR) is 125 cm³/mol. The molecule has 2 aromatic carbocycles. The van der Waals surface area contributed by atoms with Gasteiger partial charge in [-0.05, 0) is 80.7 Å². The number of rotatable bonds is 7. The summed E-state index contributed by atoms with van der Waals surface area (Å²) in [7, 11) is 0. The fourth-order valence-electron chi connectivity index (χ4n) is 3.93. The highest BCUT2D eigenvalue weighted by Gasteiger charge is 2.11. The van der Waals surface area contributed by atoms with E-state index in [2.05, 4.69) is 20.5 Å². The summed E-state index contributed by atoms with van der Waals surface area (Å²) in [5, 5.41) is 8.06. The van der Waals surface area contributed by atoms with E-state index in [0.717, 1.165) is 42.5 Å². The Morgan fingerprint density at radius 2 is 1.87 bits per heavy atom. The molecule has 0 aliphatic carbocycles. The minimum atomic E-state index is -0.469. The van der Waals surface area contributed by atoms with Crippen molar-refractivity contribution in [2.24, 2.45) is 0 Å². The first kappa shape index (κ1) is 21.5. The van der Waals surface area contributed by atoms with E-state index in [1.54, 1.807) is 12.3 Å². The molecule has 3 aromatic rings. The summed E-state index contributed by atoms with van der Waals surface area (Å²) < 4.78 is 13.4. The lowest BCUT2D eigenvalue weighted by Crippen LogP contribution is -2.31. The van der Waals surface area contributed by atoms with E-state index >= 15 is 0 Å². The Kier molecular flexibility index (Phi) is 6.99. The smallest absolute Gasteiger partial charge is 0.224 e. The highest BCUT2D eigenvalue weighted by Crippen LogP contribution is 2.28. The maximum absolute atomic E-state index is 13.4. The lowest BCUT2D eigenvalue weighted by molar-refractivity contribution is -0.116. The van der Waals surface area contributed by atoms with Gasteiger partial charge in [0, 0.05) is 29.4 Å². The number of anilines is 3. The number of amides is 1. The maximum atomic E-state index is 13.4. The Morgan fingerprint density at radius 1 is 1.06 bits per heavy atom. The molecule has 1 aliphatic rings. The third-order valence-electron chi connectivity index (χ3n) is 5.56. The second-order valence-electron chi connectivity index (χ2n) is 7.90. The number of hydrogen-bond acceptors (Lipinski definition) is 4. The molecule has 4 rings (SSSR count). The Hall–Kier alpha value is -2.70. The van der Waals surface area contributed by atoms with Crippen molar-refractivity contribution < 1.29 is 9.18 Å². The molecule has 1 saturated heterocycles. The van der Waals surface area contributed by atoms with Crippen molar-refractivity contribution in [1.82, 2.24) is 9.88 Å². The van der Waals surface area contributed by atoms with E-state index < -0.39 is 5.82 Å². The van der Waals surface area contributed by atoms with E-state index in [1.807, 2.05) is 24.3 Å². The zero-order valence-electron chi connectivity index (χ0n) is 17.3. The molecule has 0 radical (unpaired) electrons. The summed E-state index contributed by atoms with van der Waals surface area (Å²) >= 11 is 5.89. The quantitative estimate of drug-likeness (QED) is 0.474. The van der Waals surface area contributed by atoms with Crippen LogP contribution in [-0.2, 0) is 4.79 Å². The van der Waals surface area contributed by atoms with Gasteiger partial charge >= 0.3 is 0 Å². The van der Waals surface area contributed by atoms with Gasteiger partial charge in [0.1, 0.15) is 11.6 Å². The number of aromatic nitrogens is 1. The lowest BCUT2D eigenvalue weighted by atomic mass is 10.1. The van der Waals surface area contributed by atoms with Gasteiger partial charge in [-0.15, -0.1) is 0 Å². The van der Waals surface area contributed by atoms with Crippen molar-refractivity contribution in [1.29, 1.82) is 0 Å². The summed E-state index contributed by atoms with van der Waals surface area (Å²) in [6.45, 7) is 3.27. The summed E-state index contributed by atoms with van der Waals surface area (Å²) in [5.41, 5.74) is 1.36. The largest absolute Gasteiger partial charge is 0.340 e. The summed E-state index contributed by atoms with van der Waals surface area (Å²) in [6.07, 6.45) is 6.91. The van der Waals surface area contributed by atoms with Crippen molar-refractivity contribution >= 4 is 45.5 Å². The molecule has 0 saturated carbocycles. The van der Waals surface area contributed by atoms with Gasteiger partial charge in [-0.1, -0.05) is 24.1 Å². The van der Waals surface area contributed by atoms with Crippen molar-refractivity contribution in [3.63, 3.8) is 0 Å². The Labute approximate surface area is 186 Å². The standard InChI is InChI=1S/C24H26ClFN4O/c25-21-16-19(8-9-22(21)26)29-24-20-15-18(7-6-17(20)10-11-27-24)28-23(31)5-4-14-30-12-2-1-3-13-30/h6-11,15-16H,1-5,12-14H2,(H,27,29)(H,28,31). The van der Waals surface area contributed by atoms with E-state index in [9.17, 15) is 9.18 Å². The second kappa shape index (κ2) is 10.1. The van der Waals surface area contributed by atoms with Crippen LogP contribution in [0.25, 0.3) is 10.8 Å². The van der Waals surface area contributed by atoms with Gasteiger partial charge in [0.25, 0.3) is 0 Å². The molecule has 2 N–H and O–H groups in total. The molecule has 0 bridgehead atoms. The number of halogens is 2. The van der Waals surface area contributed by atoms with Crippen LogP contribution in [0.15, 0.2) is 48.7 Å². The molecule has 162 valence electrons. The predicted octanol–water partition coefficient (Wildman–Crippen LogP) is 5.98. The average molecular weight is 441 g/mol. The zero-order chi connectivity index (χ0) is 21.6. The minimum absolute atomic E-state index is 0.0140. The molecule has 1 aliphatic heterocycles. The van der Waals surface area contributed by atoms with E-state index in [4.69, 9.17) is 11.6 Å². The van der Waals surface area contributed by atoms with Gasteiger partial charge in [-0.25, -0.2) is 9.37 Å². The van der Waals surface area contributed by atoms with Crippen molar-refractivity contribution in [2.45, 2.75) is 32.1 Å². The number of fused-ring (bicyclic) bond motifs is 1. The molecule has 0 spiro atoms. The minimum Gasteiger partial charge on any atom is -0.340 e. The fourth-order valence-corrected chi connectivity index (χ4v) is 4.11. The highest BCUT2D eigenvalue weighted by molar-refractivity contribution is 6.31. The zero-order valence-corrected chi connectivity index (χ0v) is 18.1. The molecule has 1 aromatic heterocycles. The third kappa shape index (κ3) is 5.71. The first-order valence-corrected chi connectivity index (χ1v) is 11.1. The van der Waals surface area contributed by atoms with Crippen molar-refractivity contribution in [3.05, 3.63) is 59.5 Å². The number of carbonyl (C=O) groups excluding carboxylic acids is 1. The number of nitrogens with zero attached hydrogens (tertiary/aromatic N) is 2. The Balaban J connectivity index is 1.42. The van der Waals surface area contributed by atoms with Crippen LogP contribution in [0.1, 0.15) is 32.1 Å². The van der Waals surface area contributed by atoms with E-state index in [1.165, 1.54) is 31.4 Å². The van der Waals surface area contributed by atoms with Gasteiger partial charge in [0.05, 0.1) is 5.02 Å². The molecular formula is C24H26ClFN4O. The van der Waals surface area contributed by atoms with Crippen molar-refractivity contribution in [2.75, 3.05) is 30.3 Å². The molecule has 2 heterocycles. The number of carbonyl (C=O) groups is 1. The van der Waals surface area contributed by atoms with Crippen LogP contribution in [0, 0.1) is 5.82 Å². The average Bonchev–Trinajstić information content (AvgIpc) is 2.77. The molecule has 1 fully saturated rings. The molecule has 0 atom stereocenters. The van der Waals surface area contributed by atoms with Crippen molar-refractivity contribution in [3.8, 4) is 0 Å². The van der Waals surface area contributed by atoms with Crippen LogP contribution in [0.5, 0.6) is 0 Å². The third-order valence-corrected chi connectivity index (χ3v) is 5.85. The van der Waals surface area contributed by atoms with Gasteiger partial charge < -0.3 is 15.5 Å². The summed E-state index contributed by atoms with van der Waals surface area (Å²) in [6, 6.07) is 12.1. The maximum Gasteiger partial charge on any atom is 0.224 e. The number of hydrogen-bond donors (Lipinski definition) is 2. The molecule has 0 unspecified atom stereocenters. The SMILES string of the molecule is O=C(CCCN1CCCCC1)Nc1ccc2ccnc(Nc3ccc(F)c(Cl)c3)c2c1. The number of pyridine rings is 1. The number of likely N-dealkylation sites (tertiary alicyclic amines) is 1. The normalized spacial score (nSPS) is 14.5. The topological polar surface area (TPSA) is 57.3 Å². The Bertz CT molecular complexity index is 1070. The fraction of sp³-hybridized carbons (Fsp3) is 0.333. The number of nitrogens with one attached hydrogen (secondary N) is 2. The van der Waals surface area contributed by atoms with Crippen LogP contribution in [0.2, 0.25) is 5.02 Å². The van der Waals surface area contributed by atoms with Gasteiger partial charge in [-0.2, -0.15) is 0 Å². The van der Waals surface area contributed by atoms with Gasteiger partial charge in [-0.3, -0.25) is 4.79 Å². The summed E-state index contributed by atoms with van der Waals surface area (Å²) in [4.78, 5) is 19.3. The van der Waals surface area contributed by atoms with E-state index in [0.29, 0.717) is 17.9 Å². The van der Waals surface area contributed by atoms with E-state index in [-0.39, 0.29) is 10.9 Å². The van der Waals surface area contributed by atoms with Crippen LogP contribution in [0.4, 0.5) is 21.6 Å². The van der Waals surface area contributed by atoms with Crippen LogP contribution < -0.4 is 10.6 Å². The highest BCUT2D eigenvalue weighted by atomic mass is 35.5. The lowest BCUT2D eigenvalue weighted by Gasteiger charge is -2.26. The molecular weight excluding hydrogens is 415 g/mol. The number of piperidine rings is 1. The molecule has 31 heavy (non-hydrogen) atoms. The first-order chi connectivity index (χ1) is 15.1. The number of benzene rings is 2. The van der Waals surface area contributed by atoms with Crippen LogP contribution in [-0.4, -0.2) is 35.4 Å². The van der Waals surface area contributed by atoms with Crippen LogP contribution in [0.3, 0.4) is 0 Å². The molecule has 1 amide bonds. The van der Waals surface area contributed by atoms with Crippen LogP contribution >= 0.6 is 11.6 Å². The first-order valence-electron chi connectivity index (χ1n) is 10.7. The summed E-state index contributed by atoms with van der Waals surface area (Å²) in [5.74, 6) is 0.157. The van der Waals surface area contributed by atoms with Gasteiger partial charge in [0.15, 0.2) is 0 Å². The molecule has 7 heteroatoms. The molecule has 5 nitrogen and oxygen atoms in total. The second-order valence-corrected chi connectivity index (χ2v) is 8.31. The van der Waals surface area contributed by atoms with Gasteiger partial charge in [0.2, 0.25) is 5.91 Å². The Morgan fingerprint density at radius 3 is 2.68 bits per heavy atom. The monoisotopic (exact) mass is 440 g/mol.